The van der Waals surface area contributed by atoms with E-state index in [1.54, 1.807) is 52.1 Å². The smallest absolute Gasteiger partial charge is 0.312 e. The molecule has 0 aliphatic carbocycles. The van der Waals surface area contributed by atoms with E-state index in [0.717, 1.165) is 17.1 Å². The Kier molecular flexibility index (Phi) is 39.7. The largest absolute Gasteiger partial charge is 0.461 e. The van der Waals surface area contributed by atoms with Crippen LogP contribution in [0.4, 0.5) is 10.5 Å². The van der Waals surface area contributed by atoms with Crippen LogP contribution in [0.1, 0.15) is 63.8 Å². The molecule has 0 bridgehead atoms. The predicted octanol–water partition coefficient (Wildman–Crippen LogP) is 0.629. The van der Waals surface area contributed by atoms with Crippen LogP contribution in [0.15, 0.2) is 42.6 Å². The van der Waals surface area contributed by atoms with Crippen molar-refractivity contribution in [2.75, 3.05) is 171 Å². The van der Waals surface area contributed by atoms with Crippen molar-refractivity contribution >= 4 is 47.2 Å². The molecule has 0 saturated carbocycles. The van der Waals surface area contributed by atoms with E-state index in [9.17, 15) is 33.6 Å². The molecular weight excluding hydrogens is 1110 g/mol. The second kappa shape index (κ2) is 46.2. The van der Waals surface area contributed by atoms with E-state index in [0.29, 0.717) is 150 Å². The number of urea groups is 1. The van der Waals surface area contributed by atoms with Crippen LogP contribution >= 0.6 is 0 Å². The molecule has 1 aliphatic heterocycles. The van der Waals surface area contributed by atoms with Gasteiger partial charge < -0.3 is 88.6 Å². The highest BCUT2D eigenvalue weighted by atomic mass is 16.6. The quantitative estimate of drug-likeness (QED) is 0.0344. The number of anilines is 1. The molecule has 2 aromatic rings. The molecule has 2 heterocycles. The summed E-state index contributed by atoms with van der Waals surface area (Å²) in [4.78, 5) is 90.9. The first kappa shape index (κ1) is 72.2. The molecular formula is C55H89N9O20. The zero-order valence-electron chi connectivity index (χ0n) is 49.1. The molecule has 1 aromatic carbocycles. The van der Waals surface area contributed by atoms with E-state index in [-0.39, 0.29) is 63.8 Å². The molecule has 7 amide bonds. The fourth-order valence-corrected chi connectivity index (χ4v) is 7.39. The first-order chi connectivity index (χ1) is 40.8. The molecule has 29 heteroatoms. The Bertz CT molecular complexity index is 2170. The van der Waals surface area contributed by atoms with Crippen LogP contribution < -0.4 is 27.0 Å². The number of nitrogens with one attached hydrogen (secondary N) is 4. The first-order valence-electron chi connectivity index (χ1n) is 28.3. The lowest BCUT2D eigenvalue weighted by atomic mass is 10.0. The maximum atomic E-state index is 13.9. The van der Waals surface area contributed by atoms with Gasteiger partial charge in [0, 0.05) is 37.9 Å². The number of aromatic nitrogens is 3. The van der Waals surface area contributed by atoms with Crippen molar-refractivity contribution < 1.29 is 95.1 Å². The monoisotopic (exact) mass is 1200 g/mol. The summed E-state index contributed by atoms with van der Waals surface area (Å²) >= 11 is 0. The standard InChI is InChI=1S/C55H89N9O20/c1-5-51(68)84-41-43-8-10-44(11-9-43)58-53(69)45(7-6-14-57-55(56)71)59-54(70)52(42(2)3)60-48(65)39-47(64-49(66)12-13-50(64)67)46-40-63(62-61-46)15-16-73-19-20-75-23-24-77-27-28-79-31-32-81-35-36-83-38-37-82-34-33-80-30-29-78-26-25-76-22-21-74-18-17-72-4/h8-13,40,42,45,47,52H,5-7,14-39,41H2,1-4H3,(H,58,69)(H,59,70)(H,60,65)(H3,56,57,71)/t45-,47+,52-/m0/s1. The van der Waals surface area contributed by atoms with Crippen LogP contribution in [0.5, 0.6) is 0 Å². The van der Waals surface area contributed by atoms with Gasteiger partial charge in [0.25, 0.3) is 11.8 Å². The number of benzene rings is 1. The maximum absolute atomic E-state index is 13.9. The number of carbonyl (C=O) groups excluding carboxylic acids is 7. The third-order valence-electron chi connectivity index (χ3n) is 11.8. The minimum Gasteiger partial charge on any atom is -0.461 e. The number of amides is 7. The van der Waals surface area contributed by atoms with Gasteiger partial charge in [-0.1, -0.05) is 38.1 Å². The molecule has 0 spiro atoms. The van der Waals surface area contributed by atoms with Gasteiger partial charge >= 0.3 is 12.0 Å². The molecule has 6 N–H and O–H groups in total. The fraction of sp³-hybridized carbons (Fsp3) is 0.691. The minimum atomic E-state index is -1.19. The summed E-state index contributed by atoms with van der Waals surface area (Å²) in [5, 5.41) is 18.9. The van der Waals surface area contributed by atoms with Crippen LogP contribution in [0.25, 0.3) is 0 Å². The van der Waals surface area contributed by atoms with Gasteiger partial charge in [0.1, 0.15) is 24.4 Å². The van der Waals surface area contributed by atoms with E-state index in [1.165, 1.54) is 10.9 Å². The molecule has 29 nitrogen and oxygen atoms in total. The van der Waals surface area contributed by atoms with E-state index < -0.39 is 66.0 Å². The number of nitrogens with zero attached hydrogens (tertiary/aromatic N) is 4. The van der Waals surface area contributed by atoms with Crippen molar-refractivity contribution in [1.29, 1.82) is 0 Å². The lowest BCUT2D eigenvalue weighted by Crippen LogP contribution is -2.55. The lowest BCUT2D eigenvalue weighted by molar-refractivity contribution is -0.145. The molecule has 3 atom stereocenters. The maximum Gasteiger partial charge on any atom is 0.312 e. The zero-order valence-corrected chi connectivity index (χ0v) is 49.1. The summed E-state index contributed by atoms with van der Waals surface area (Å²) in [6, 6.07) is 2.36. The lowest BCUT2D eigenvalue weighted by Gasteiger charge is -2.27. The average Bonchev–Trinajstić information content (AvgIpc) is 4.18. The van der Waals surface area contributed by atoms with Crippen LogP contribution in [-0.4, -0.2) is 239 Å². The summed E-state index contributed by atoms with van der Waals surface area (Å²) in [6.45, 7) is 15.6. The molecule has 0 fully saturated rings. The normalized spacial score (nSPS) is 13.3. The fourth-order valence-electron chi connectivity index (χ4n) is 7.39. The van der Waals surface area contributed by atoms with E-state index in [2.05, 4.69) is 31.6 Å². The van der Waals surface area contributed by atoms with Crippen molar-refractivity contribution in [3.63, 3.8) is 0 Å². The zero-order chi connectivity index (χ0) is 60.8. The van der Waals surface area contributed by atoms with Crippen LogP contribution in [0.3, 0.4) is 0 Å². The second-order valence-corrected chi connectivity index (χ2v) is 18.7. The van der Waals surface area contributed by atoms with Gasteiger partial charge in [-0.25, -0.2) is 9.48 Å². The van der Waals surface area contributed by atoms with E-state index in [1.807, 2.05) is 0 Å². The summed E-state index contributed by atoms with van der Waals surface area (Å²) < 4.78 is 72.0. The van der Waals surface area contributed by atoms with Crippen molar-refractivity contribution in [3.05, 3.63) is 53.9 Å². The number of methoxy groups -OCH3 is 1. The number of carbonyl (C=O) groups is 7. The third kappa shape index (κ3) is 33.4. The van der Waals surface area contributed by atoms with Crippen LogP contribution in [-0.2, 0) is 103 Å². The predicted molar refractivity (Wildman–Crippen MR) is 300 cm³/mol. The number of nitrogens with two attached hydrogens (primary N) is 1. The van der Waals surface area contributed by atoms with Gasteiger partial charge in [0.15, 0.2) is 0 Å². The number of hydrogen-bond donors (Lipinski definition) is 5. The number of hydrogen-bond acceptors (Lipinski definition) is 22. The number of esters is 1. The Hall–Kier alpha value is -6.09. The number of primary amides is 1. The Balaban J connectivity index is 1.26. The topological polar surface area (TPSA) is 348 Å². The van der Waals surface area contributed by atoms with Gasteiger partial charge in [0.05, 0.1) is 177 Å². The summed E-state index contributed by atoms with van der Waals surface area (Å²) in [5.41, 5.74) is 6.45. The van der Waals surface area contributed by atoms with Gasteiger partial charge in [-0.2, -0.15) is 0 Å². The van der Waals surface area contributed by atoms with Crippen LogP contribution in [0.2, 0.25) is 0 Å². The summed E-state index contributed by atoms with van der Waals surface area (Å²) in [5.74, 6) is -4.12. The molecule has 1 aromatic heterocycles. The SMILES string of the molecule is CCC(=O)OCc1ccc(NC(=O)[C@H](CCCNC(N)=O)NC(=O)[C@@H](NC(=O)C[C@H](c2cn(CCOCCOCCOCCOCCOCCOCCOCCOCCOCCOCCOCCOC)nn2)N2C(=O)C=CC2=O)C(C)C)cc1. The average molecular weight is 1200 g/mol. The number of rotatable bonds is 53. The number of ether oxygens (including phenoxy) is 13. The number of imide groups is 1. The highest BCUT2D eigenvalue weighted by molar-refractivity contribution is 6.13. The van der Waals surface area contributed by atoms with Crippen molar-refractivity contribution in [3.8, 4) is 0 Å². The Labute approximate surface area is 491 Å². The minimum absolute atomic E-state index is 0.0583. The molecule has 0 saturated heterocycles. The molecule has 3 rings (SSSR count). The van der Waals surface area contributed by atoms with Gasteiger partial charge in [-0.3, -0.25) is 33.7 Å². The second-order valence-electron chi connectivity index (χ2n) is 18.7. The summed E-state index contributed by atoms with van der Waals surface area (Å²) in [7, 11) is 1.63. The van der Waals surface area contributed by atoms with Gasteiger partial charge in [-0.15, -0.1) is 5.10 Å². The molecule has 0 unspecified atom stereocenters. The molecule has 0 radical (unpaired) electrons. The molecule has 1 aliphatic rings. The highest BCUT2D eigenvalue weighted by Crippen LogP contribution is 2.26. The third-order valence-corrected chi connectivity index (χ3v) is 11.8. The van der Waals surface area contributed by atoms with Crippen molar-refractivity contribution in [2.24, 2.45) is 11.7 Å². The van der Waals surface area contributed by atoms with Crippen molar-refractivity contribution in [2.45, 2.75) is 77.7 Å². The Morgan fingerprint density at radius 3 is 1.49 bits per heavy atom. The molecule has 84 heavy (non-hydrogen) atoms. The summed E-state index contributed by atoms with van der Waals surface area (Å²) in [6.07, 6.45) is 3.77. The highest BCUT2D eigenvalue weighted by Gasteiger charge is 2.37. The van der Waals surface area contributed by atoms with Gasteiger partial charge in [0.2, 0.25) is 17.7 Å². The van der Waals surface area contributed by atoms with Crippen molar-refractivity contribution in [1.82, 2.24) is 35.8 Å². The molecule has 474 valence electrons. The van der Waals surface area contributed by atoms with Crippen LogP contribution in [0, 0.1) is 5.92 Å². The Morgan fingerprint density at radius 2 is 1.06 bits per heavy atom. The van der Waals surface area contributed by atoms with Gasteiger partial charge in [-0.05, 0) is 36.5 Å². The first-order valence-corrected chi connectivity index (χ1v) is 28.3. The van der Waals surface area contributed by atoms with E-state index >= 15 is 0 Å². The Morgan fingerprint density at radius 1 is 0.607 bits per heavy atom. The van der Waals surface area contributed by atoms with E-state index in [4.69, 9.17) is 67.3 Å².